The highest BCUT2D eigenvalue weighted by Gasteiger charge is 2.12. The van der Waals surface area contributed by atoms with Gasteiger partial charge in [-0.05, 0) is 26.0 Å². The number of aromatic nitrogens is 2. The highest BCUT2D eigenvalue weighted by molar-refractivity contribution is 5.84. The number of nitrogens with zero attached hydrogens (tertiary/aromatic N) is 1. The van der Waals surface area contributed by atoms with Crippen molar-refractivity contribution in [2.24, 2.45) is 0 Å². The molecule has 2 aromatic heterocycles. The molecule has 0 atom stereocenters. The zero-order chi connectivity index (χ0) is 11.7. The molecule has 2 heterocycles. The molecule has 0 radical (unpaired) electrons. The van der Waals surface area contributed by atoms with E-state index in [4.69, 9.17) is 9.52 Å². The number of aromatic carboxylic acids is 1. The Morgan fingerprint density at radius 2 is 2.25 bits per heavy atom. The summed E-state index contributed by atoms with van der Waals surface area (Å²) in [6, 6.07) is 3.14. The predicted octanol–water partition coefficient (Wildman–Crippen LogP) is 1.91. The maximum Gasteiger partial charge on any atom is 0.371 e. The average molecular weight is 220 g/mol. The molecule has 0 aliphatic carbocycles. The summed E-state index contributed by atoms with van der Waals surface area (Å²) >= 11 is 0. The third-order valence-corrected chi connectivity index (χ3v) is 2.50. The van der Waals surface area contributed by atoms with E-state index in [0.717, 1.165) is 17.0 Å². The second-order valence-electron chi connectivity index (χ2n) is 3.66. The molecule has 5 heteroatoms. The maximum atomic E-state index is 10.6. The van der Waals surface area contributed by atoms with Gasteiger partial charge in [-0.15, -0.1) is 0 Å². The minimum Gasteiger partial charge on any atom is -0.475 e. The minimum absolute atomic E-state index is 0.0335. The van der Waals surface area contributed by atoms with E-state index in [2.05, 4.69) is 10.2 Å². The highest BCUT2D eigenvalue weighted by atomic mass is 16.4. The number of nitrogens with one attached hydrogen (secondary N) is 1. The van der Waals surface area contributed by atoms with Gasteiger partial charge in [-0.1, -0.05) is 0 Å². The predicted molar refractivity (Wildman–Crippen MR) is 56.5 cm³/mol. The second kappa shape index (κ2) is 3.84. The Morgan fingerprint density at radius 3 is 2.75 bits per heavy atom. The topological polar surface area (TPSA) is 79.1 Å². The van der Waals surface area contributed by atoms with Crippen LogP contribution in [0, 0.1) is 13.8 Å². The van der Waals surface area contributed by atoms with Gasteiger partial charge < -0.3 is 9.52 Å². The van der Waals surface area contributed by atoms with Crippen molar-refractivity contribution in [3.05, 3.63) is 40.6 Å². The van der Waals surface area contributed by atoms with Crippen LogP contribution in [0.2, 0.25) is 0 Å². The Labute approximate surface area is 92.1 Å². The molecule has 2 rings (SSSR count). The molecule has 0 aromatic carbocycles. The van der Waals surface area contributed by atoms with E-state index in [0.29, 0.717) is 12.2 Å². The van der Waals surface area contributed by atoms with Crippen LogP contribution in [-0.2, 0) is 6.42 Å². The standard InChI is InChI=1S/C11H12N2O3/c1-6-9(7(2)13-12-6)5-8-3-4-10(16-8)11(14)15/h3-4H,5H2,1-2H3,(H,12,13)(H,14,15). The zero-order valence-electron chi connectivity index (χ0n) is 9.07. The second-order valence-corrected chi connectivity index (χ2v) is 3.66. The molecule has 5 nitrogen and oxygen atoms in total. The van der Waals surface area contributed by atoms with Gasteiger partial charge in [-0.3, -0.25) is 5.10 Å². The molecule has 0 fully saturated rings. The SMILES string of the molecule is Cc1n[nH]c(C)c1Cc1ccc(C(=O)O)o1. The van der Waals surface area contributed by atoms with Gasteiger partial charge in [0.1, 0.15) is 5.76 Å². The fraction of sp³-hybridized carbons (Fsp3) is 0.273. The molecule has 0 aliphatic heterocycles. The number of rotatable bonds is 3. The van der Waals surface area contributed by atoms with Crippen LogP contribution >= 0.6 is 0 Å². The highest BCUT2D eigenvalue weighted by Crippen LogP contribution is 2.17. The third-order valence-electron chi connectivity index (χ3n) is 2.50. The summed E-state index contributed by atoms with van der Waals surface area (Å²) < 4.78 is 5.19. The average Bonchev–Trinajstić information content (AvgIpc) is 2.80. The van der Waals surface area contributed by atoms with Gasteiger partial charge in [-0.25, -0.2) is 4.79 Å². The Morgan fingerprint density at radius 1 is 1.50 bits per heavy atom. The summed E-state index contributed by atoms with van der Waals surface area (Å²) in [7, 11) is 0. The number of H-pyrrole nitrogens is 1. The summed E-state index contributed by atoms with van der Waals surface area (Å²) in [4.78, 5) is 10.6. The van der Waals surface area contributed by atoms with Crippen molar-refractivity contribution in [1.29, 1.82) is 0 Å². The van der Waals surface area contributed by atoms with Crippen LogP contribution < -0.4 is 0 Å². The molecule has 84 valence electrons. The van der Waals surface area contributed by atoms with Crippen LogP contribution in [0.25, 0.3) is 0 Å². The third kappa shape index (κ3) is 1.84. The van der Waals surface area contributed by atoms with Crippen molar-refractivity contribution in [2.75, 3.05) is 0 Å². The molecule has 0 spiro atoms. The normalized spacial score (nSPS) is 10.6. The molecule has 0 saturated heterocycles. The van der Waals surface area contributed by atoms with Gasteiger partial charge in [0.05, 0.1) is 5.69 Å². The van der Waals surface area contributed by atoms with Crippen LogP contribution in [0.5, 0.6) is 0 Å². The smallest absolute Gasteiger partial charge is 0.371 e. The van der Waals surface area contributed by atoms with Crippen molar-refractivity contribution < 1.29 is 14.3 Å². The summed E-state index contributed by atoms with van der Waals surface area (Å²) in [6.45, 7) is 3.83. The number of carbonyl (C=O) groups is 1. The Balaban J connectivity index is 2.24. The molecule has 0 amide bonds. The van der Waals surface area contributed by atoms with Crippen LogP contribution in [0.15, 0.2) is 16.5 Å². The van der Waals surface area contributed by atoms with Gasteiger partial charge in [0.2, 0.25) is 5.76 Å². The van der Waals surface area contributed by atoms with Gasteiger partial charge in [0.15, 0.2) is 0 Å². The molecule has 0 bridgehead atoms. The fourth-order valence-corrected chi connectivity index (χ4v) is 1.60. The fourth-order valence-electron chi connectivity index (χ4n) is 1.60. The Kier molecular flexibility index (Phi) is 2.52. The van der Waals surface area contributed by atoms with Crippen molar-refractivity contribution >= 4 is 5.97 Å². The molecule has 2 aromatic rings. The summed E-state index contributed by atoms with van der Waals surface area (Å²) in [5.74, 6) is -0.453. The lowest BCUT2D eigenvalue weighted by Crippen LogP contribution is -1.93. The Bertz CT molecular complexity index is 506. The molecule has 16 heavy (non-hydrogen) atoms. The summed E-state index contributed by atoms with van der Waals surface area (Å²) in [5, 5.41) is 15.7. The molecular weight excluding hydrogens is 208 g/mol. The van der Waals surface area contributed by atoms with E-state index >= 15 is 0 Å². The molecule has 0 aliphatic rings. The van der Waals surface area contributed by atoms with Gasteiger partial charge in [0.25, 0.3) is 0 Å². The number of aromatic amines is 1. The van der Waals surface area contributed by atoms with Crippen LogP contribution in [0.4, 0.5) is 0 Å². The minimum atomic E-state index is -1.05. The van der Waals surface area contributed by atoms with E-state index in [9.17, 15) is 4.79 Å². The number of hydrogen-bond donors (Lipinski definition) is 2. The van der Waals surface area contributed by atoms with Crippen molar-refractivity contribution in [3.63, 3.8) is 0 Å². The quantitative estimate of drug-likeness (QED) is 0.828. The maximum absolute atomic E-state index is 10.6. The van der Waals surface area contributed by atoms with E-state index in [1.54, 1.807) is 6.07 Å². The van der Waals surface area contributed by atoms with Crippen molar-refractivity contribution in [3.8, 4) is 0 Å². The van der Waals surface area contributed by atoms with E-state index < -0.39 is 5.97 Å². The van der Waals surface area contributed by atoms with E-state index in [1.165, 1.54) is 6.07 Å². The van der Waals surface area contributed by atoms with Crippen molar-refractivity contribution in [1.82, 2.24) is 10.2 Å². The lowest BCUT2D eigenvalue weighted by Gasteiger charge is -1.97. The number of carboxylic acid groups (broad SMARTS) is 1. The van der Waals surface area contributed by atoms with Crippen LogP contribution in [0.3, 0.4) is 0 Å². The molecule has 2 N–H and O–H groups in total. The van der Waals surface area contributed by atoms with Gasteiger partial charge in [0, 0.05) is 17.7 Å². The van der Waals surface area contributed by atoms with Gasteiger partial charge >= 0.3 is 5.97 Å². The first kappa shape index (κ1) is 10.5. The number of carboxylic acids is 1. The first-order chi connectivity index (χ1) is 7.58. The van der Waals surface area contributed by atoms with Gasteiger partial charge in [-0.2, -0.15) is 5.10 Å². The molecule has 0 unspecified atom stereocenters. The number of aryl methyl sites for hydroxylation is 2. The van der Waals surface area contributed by atoms with Crippen LogP contribution in [-0.4, -0.2) is 21.3 Å². The Hall–Kier alpha value is -2.04. The molecule has 0 saturated carbocycles. The first-order valence-electron chi connectivity index (χ1n) is 4.90. The number of furan rings is 1. The first-order valence-corrected chi connectivity index (χ1v) is 4.90. The summed E-state index contributed by atoms with van der Waals surface area (Å²) in [5.41, 5.74) is 2.93. The van der Waals surface area contributed by atoms with Crippen molar-refractivity contribution in [2.45, 2.75) is 20.3 Å². The lowest BCUT2D eigenvalue weighted by molar-refractivity contribution is 0.0660. The lowest BCUT2D eigenvalue weighted by atomic mass is 10.1. The number of hydrogen-bond acceptors (Lipinski definition) is 3. The zero-order valence-corrected chi connectivity index (χ0v) is 9.07. The largest absolute Gasteiger partial charge is 0.475 e. The monoisotopic (exact) mass is 220 g/mol. The summed E-state index contributed by atoms with van der Waals surface area (Å²) in [6.07, 6.45) is 0.557. The molecular formula is C11H12N2O3. The van der Waals surface area contributed by atoms with Crippen LogP contribution in [0.1, 0.15) is 33.3 Å². The van der Waals surface area contributed by atoms with E-state index in [-0.39, 0.29) is 5.76 Å². The van der Waals surface area contributed by atoms with E-state index in [1.807, 2.05) is 13.8 Å².